The van der Waals surface area contributed by atoms with E-state index < -0.39 is 30.8 Å². The zero-order valence-electron chi connectivity index (χ0n) is 18.0. The third-order valence-corrected chi connectivity index (χ3v) is 4.39. The number of aliphatic carboxylic acids is 1. The van der Waals surface area contributed by atoms with Gasteiger partial charge >= 0.3 is 12.1 Å². The number of para-hydroxylation sites is 2. The van der Waals surface area contributed by atoms with Crippen molar-refractivity contribution >= 4 is 11.9 Å². The van der Waals surface area contributed by atoms with Crippen LogP contribution in [0.1, 0.15) is 11.1 Å². The van der Waals surface area contributed by atoms with Gasteiger partial charge in [0.2, 0.25) is 0 Å². The van der Waals surface area contributed by atoms with Crippen LogP contribution in [0.5, 0.6) is 17.2 Å². The zero-order valence-corrected chi connectivity index (χ0v) is 18.0. The van der Waals surface area contributed by atoms with E-state index in [9.17, 15) is 27.9 Å². The molecule has 0 bridgehead atoms. The number of halogens is 3. The van der Waals surface area contributed by atoms with Gasteiger partial charge in [-0.15, -0.1) is 0 Å². The lowest BCUT2D eigenvalue weighted by Gasteiger charge is -2.17. The van der Waals surface area contributed by atoms with E-state index in [2.05, 4.69) is 10.1 Å². The van der Waals surface area contributed by atoms with Crippen molar-refractivity contribution < 1.29 is 46.8 Å². The van der Waals surface area contributed by atoms with Crippen molar-refractivity contribution in [3.63, 3.8) is 0 Å². The van der Waals surface area contributed by atoms with Crippen molar-refractivity contribution in [3.05, 3.63) is 53.6 Å². The summed E-state index contributed by atoms with van der Waals surface area (Å²) in [6.45, 7) is -1.93. The maximum Gasteiger partial charge on any atom is 0.411 e. The smallest absolute Gasteiger partial charge is 0.411 e. The second-order valence-electron chi connectivity index (χ2n) is 6.82. The summed E-state index contributed by atoms with van der Waals surface area (Å²) in [7, 11) is 2.89. The molecule has 33 heavy (non-hydrogen) atoms. The highest BCUT2D eigenvalue weighted by Gasteiger charge is 2.31. The first-order valence-electron chi connectivity index (χ1n) is 9.72. The molecule has 0 aromatic heterocycles. The number of ether oxygens (including phenoxy) is 4. The van der Waals surface area contributed by atoms with Crippen LogP contribution >= 0.6 is 0 Å². The summed E-state index contributed by atoms with van der Waals surface area (Å²) in [5.74, 6) is -0.676. The number of carboxylic acid groups (broad SMARTS) is 1. The normalized spacial score (nSPS) is 12.0. The minimum absolute atomic E-state index is 0.0201. The number of carbonyl (C=O) groups excluding carboxylic acids is 1. The number of carbonyl (C=O) groups is 2. The molecule has 8 nitrogen and oxygen atoms in total. The molecule has 2 N–H and O–H groups in total. The van der Waals surface area contributed by atoms with Crippen molar-refractivity contribution in [3.8, 4) is 17.2 Å². The van der Waals surface area contributed by atoms with Gasteiger partial charge in [0.05, 0.1) is 14.2 Å². The summed E-state index contributed by atoms with van der Waals surface area (Å²) >= 11 is 0. The van der Waals surface area contributed by atoms with Crippen LogP contribution in [0.15, 0.2) is 42.5 Å². The third-order valence-electron chi connectivity index (χ3n) is 4.39. The molecule has 1 unspecified atom stereocenters. The van der Waals surface area contributed by atoms with Gasteiger partial charge in [0, 0.05) is 18.5 Å². The fraction of sp³-hybridized carbons (Fsp3) is 0.364. The van der Waals surface area contributed by atoms with Gasteiger partial charge in [0.15, 0.2) is 24.2 Å². The number of carboxylic acids is 1. The van der Waals surface area contributed by atoms with E-state index in [0.717, 1.165) is 0 Å². The molecule has 0 saturated heterocycles. The fourth-order valence-electron chi connectivity index (χ4n) is 2.85. The van der Waals surface area contributed by atoms with Gasteiger partial charge < -0.3 is 29.4 Å². The predicted octanol–water partition coefficient (Wildman–Crippen LogP) is 2.97. The molecule has 0 aliphatic carbocycles. The molecule has 11 heteroatoms. The van der Waals surface area contributed by atoms with Crippen LogP contribution in [0.3, 0.4) is 0 Å². The first-order chi connectivity index (χ1) is 15.6. The lowest BCUT2D eigenvalue weighted by Crippen LogP contribution is -2.31. The summed E-state index contributed by atoms with van der Waals surface area (Å²) in [4.78, 5) is 23.5. The molecule has 180 valence electrons. The van der Waals surface area contributed by atoms with Gasteiger partial charge in [-0.2, -0.15) is 13.2 Å². The minimum Gasteiger partial charge on any atom is -0.496 e. The van der Waals surface area contributed by atoms with Gasteiger partial charge in [-0.1, -0.05) is 24.3 Å². The van der Waals surface area contributed by atoms with Crippen LogP contribution in [-0.4, -0.2) is 56.7 Å². The Hall–Kier alpha value is -3.47. The molecule has 0 heterocycles. The quantitative estimate of drug-likeness (QED) is 0.491. The number of amides is 1. The SMILES string of the molecule is COc1ccc(CC(OCC(F)(F)F)C(=O)O)cc1CNC(=O)COc1ccccc1OC. The maximum absolute atomic E-state index is 12.4. The van der Waals surface area contributed by atoms with Crippen LogP contribution in [0.2, 0.25) is 0 Å². The monoisotopic (exact) mass is 471 g/mol. The van der Waals surface area contributed by atoms with Crippen molar-refractivity contribution in [2.75, 3.05) is 27.4 Å². The lowest BCUT2D eigenvalue weighted by atomic mass is 10.0. The van der Waals surface area contributed by atoms with Crippen molar-refractivity contribution in [1.29, 1.82) is 0 Å². The maximum atomic E-state index is 12.4. The van der Waals surface area contributed by atoms with E-state index in [4.69, 9.17) is 14.2 Å². The number of methoxy groups -OCH3 is 2. The third kappa shape index (κ3) is 8.53. The first kappa shape index (κ1) is 25.8. The molecule has 2 aromatic rings. The Morgan fingerprint density at radius 3 is 2.30 bits per heavy atom. The Balaban J connectivity index is 2.00. The Labute approximate surface area is 188 Å². The molecule has 0 spiro atoms. The molecule has 0 aliphatic heterocycles. The molecule has 0 radical (unpaired) electrons. The molecular weight excluding hydrogens is 447 g/mol. The highest BCUT2D eigenvalue weighted by Crippen LogP contribution is 2.26. The molecular formula is C22H24F3NO7. The van der Waals surface area contributed by atoms with Crippen LogP contribution in [-0.2, 0) is 27.3 Å². The molecule has 0 fully saturated rings. The summed E-state index contributed by atoms with van der Waals surface area (Å²) in [6.07, 6.45) is -6.63. The van der Waals surface area contributed by atoms with Crippen molar-refractivity contribution in [2.24, 2.45) is 0 Å². The highest BCUT2D eigenvalue weighted by atomic mass is 19.4. The minimum atomic E-state index is -4.64. The van der Waals surface area contributed by atoms with Gasteiger partial charge in [0.1, 0.15) is 12.4 Å². The number of hydrogen-bond donors (Lipinski definition) is 2. The van der Waals surface area contributed by atoms with E-state index in [1.54, 1.807) is 24.3 Å². The number of benzene rings is 2. The second kappa shape index (κ2) is 12.0. The average Bonchev–Trinajstić information content (AvgIpc) is 2.78. The largest absolute Gasteiger partial charge is 0.496 e. The van der Waals surface area contributed by atoms with Gasteiger partial charge in [-0.25, -0.2) is 4.79 Å². The molecule has 1 amide bonds. The number of nitrogens with one attached hydrogen (secondary N) is 1. The zero-order chi connectivity index (χ0) is 24.4. The van der Waals surface area contributed by atoms with Crippen LogP contribution in [0, 0.1) is 0 Å². The summed E-state index contributed by atoms with van der Waals surface area (Å²) < 4.78 is 57.5. The van der Waals surface area contributed by atoms with Crippen molar-refractivity contribution in [2.45, 2.75) is 25.2 Å². The van der Waals surface area contributed by atoms with Gasteiger partial charge in [-0.05, 0) is 23.8 Å². The van der Waals surface area contributed by atoms with E-state index >= 15 is 0 Å². The van der Waals surface area contributed by atoms with E-state index in [-0.39, 0.29) is 19.6 Å². The van der Waals surface area contributed by atoms with E-state index in [0.29, 0.717) is 28.4 Å². The number of rotatable bonds is 12. The summed E-state index contributed by atoms with van der Waals surface area (Å²) in [5.41, 5.74) is 0.903. The Bertz CT molecular complexity index is 950. The Kier molecular flexibility index (Phi) is 9.34. The summed E-state index contributed by atoms with van der Waals surface area (Å²) in [6, 6.07) is 11.4. The topological polar surface area (TPSA) is 103 Å². The lowest BCUT2D eigenvalue weighted by molar-refractivity contribution is -0.192. The van der Waals surface area contributed by atoms with E-state index in [1.165, 1.54) is 32.4 Å². The molecule has 2 aromatic carbocycles. The predicted molar refractivity (Wildman–Crippen MR) is 110 cm³/mol. The van der Waals surface area contributed by atoms with Gasteiger partial charge in [0.25, 0.3) is 5.91 Å². The fourth-order valence-corrected chi connectivity index (χ4v) is 2.85. The average molecular weight is 471 g/mol. The molecule has 2 rings (SSSR count). The summed E-state index contributed by atoms with van der Waals surface area (Å²) in [5, 5.41) is 11.8. The standard InChI is InChI=1S/C22H24F3NO7/c1-30-16-8-7-14(10-19(21(28)29)33-13-22(23,24)25)9-15(16)11-26-20(27)12-32-18-6-4-3-5-17(18)31-2/h3-9,19H,10-13H2,1-2H3,(H,26,27)(H,28,29). The number of hydrogen-bond acceptors (Lipinski definition) is 6. The van der Waals surface area contributed by atoms with Crippen LogP contribution in [0.4, 0.5) is 13.2 Å². The van der Waals surface area contributed by atoms with E-state index in [1.807, 2.05) is 0 Å². The highest BCUT2D eigenvalue weighted by molar-refractivity contribution is 5.77. The number of alkyl halides is 3. The molecule has 0 aliphatic rings. The molecule has 0 saturated carbocycles. The Morgan fingerprint density at radius 1 is 1.03 bits per heavy atom. The van der Waals surface area contributed by atoms with Crippen LogP contribution in [0.25, 0.3) is 0 Å². The van der Waals surface area contributed by atoms with Gasteiger partial charge in [-0.3, -0.25) is 4.79 Å². The second-order valence-corrected chi connectivity index (χ2v) is 6.82. The van der Waals surface area contributed by atoms with Crippen LogP contribution < -0.4 is 19.5 Å². The first-order valence-corrected chi connectivity index (χ1v) is 9.72. The Morgan fingerprint density at radius 2 is 1.70 bits per heavy atom. The molecule has 1 atom stereocenters. The van der Waals surface area contributed by atoms with Crippen molar-refractivity contribution in [1.82, 2.24) is 5.32 Å².